The van der Waals surface area contributed by atoms with E-state index in [-0.39, 0.29) is 5.92 Å². The van der Waals surface area contributed by atoms with E-state index in [9.17, 15) is 4.79 Å². The van der Waals surface area contributed by atoms with Crippen LogP contribution in [0, 0.1) is 0 Å². The number of carbonyl (C=O) groups is 1. The van der Waals surface area contributed by atoms with Crippen molar-refractivity contribution >= 4 is 39.8 Å². The number of hydrogen-bond acceptors (Lipinski definition) is 5. The standard InChI is InChI=1S/C18H17ClN4O2S/c1-11(12-6-4-3-5-7-12)16-22-23-18(26-16)21-17(24)20-14-10-13(19)8-9-15(14)25-2/h3-11H,1-2H3,(H2,20,21,23,24)/t11-/m1/s1. The number of nitrogens with zero attached hydrogens (tertiary/aromatic N) is 2. The van der Waals surface area contributed by atoms with Crippen LogP contribution in [0.25, 0.3) is 0 Å². The number of aromatic nitrogens is 2. The van der Waals surface area contributed by atoms with Gasteiger partial charge in [0.2, 0.25) is 5.13 Å². The van der Waals surface area contributed by atoms with Crippen LogP contribution in [-0.4, -0.2) is 23.3 Å². The quantitative estimate of drug-likeness (QED) is 0.645. The van der Waals surface area contributed by atoms with Gasteiger partial charge in [-0.25, -0.2) is 4.79 Å². The van der Waals surface area contributed by atoms with Gasteiger partial charge in [-0.3, -0.25) is 5.32 Å². The molecular weight excluding hydrogens is 372 g/mol. The normalized spacial score (nSPS) is 11.7. The van der Waals surface area contributed by atoms with Gasteiger partial charge < -0.3 is 10.1 Å². The minimum atomic E-state index is -0.444. The minimum absolute atomic E-state index is 0.0975. The van der Waals surface area contributed by atoms with Gasteiger partial charge >= 0.3 is 6.03 Å². The zero-order valence-corrected chi connectivity index (χ0v) is 15.8. The summed E-state index contributed by atoms with van der Waals surface area (Å²) in [6.07, 6.45) is 0. The average molecular weight is 389 g/mol. The van der Waals surface area contributed by atoms with E-state index in [2.05, 4.69) is 27.8 Å². The third kappa shape index (κ3) is 4.30. The molecule has 0 unspecified atom stereocenters. The van der Waals surface area contributed by atoms with Crippen LogP contribution in [0.15, 0.2) is 48.5 Å². The monoisotopic (exact) mass is 388 g/mol. The van der Waals surface area contributed by atoms with Crippen molar-refractivity contribution in [3.05, 3.63) is 64.1 Å². The summed E-state index contributed by atoms with van der Waals surface area (Å²) in [5.41, 5.74) is 1.61. The summed E-state index contributed by atoms with van der Waals surface area (Å²) in [7, 11) is 1.52. The first kappa shape index (κ1) is 18.2. The van der Waals surface area contributed by atoms with Crippen molar-refractivity contribution < 1.29 is 9.53 Å². The molecule has 8 heteroatoms. The van der Waals surface area contributed by atoms with E-state index in [4.69, 9.17) is 16.3 Å². The zero-order valence-electron chi connectivity index (χ0n) is 14.2. The van der Waals surface area contributed by atoms with Crippen molar-refractivity contribution in [3.8, 4) is 5.75 Å². The van der Waals surface area contributed by atoms with Crippen LogP contribution in [0.3, 0.4) is 0 Å². The second kappa shape index (κ2) is 8.16. The summed E-state index contributed by atoms with van der Waals surface area (Å²) in [6, 6.07) is 14.6. The van der Waals surface area contributed by atoms with Gasteiger partial charge in [-0.15, -0.1) is 10.2 Å². The highest BCUT2D eigenvalue weighted by Gasteiger charge is 2.16. The smallest absolute Gasteiger partial charge is 0.325 e. The molecule has 2 N–H and O–H groups in total. The molecule has 6 nitrogen and oxygen atoms in total. The second-order valence-corrected chi connectivity index (χ2v) is 6.95. The molecule has 3 rings (SSSR count). The molecule has 0 saturated heterocycles. The van der Waals surface area contributed by atoms with Crippen LogP contribution in [0.4, 0.5) is 15.6 Å². The van der Waals surface area contributed by atoms with E-state index >= 15 is 0 Å². The summed E-state index contributed by atoms with van der Waals surface area (Å²) in [6.45, 7) is 2.05. The Kier molecular flexibility index (Phi) is 5.70. The molecule has 2 aromatic carbocycles. The number of amides is 2. The van der Waals surface area contributed by atoms with Crippen LogP contribution in [0.1, 0.15) is 23.4 Å². The number of rotatable bonds is 5. The first-order valence-corrected chi connectivity index (χ1v) is 9.06. The van der Waals surface area contributed by atoms with Gasteiger partial charge in [0, 0.05) is 10.9 Å². The molecule has 0 aliphatic heterocycles. The lowest BCUT2D eigenvalue weighted by Gasteiger charge is -2.10. The van der Waals surface area contributed by atoms with E-state index in [1.807, 2.05) is 30.3 Å². The Morgan fingerprint density at radius 1 is 1.15 bits per heavy atom. The van der Waals surface area contributed by atoms with Crippen LogP contribution >= 0.6 is 22.9 Å². The van der Waals surface area contributed by atoms with Gasteiger partial charge in [0.15, 0.2) is 0 Å². The summed E-state index contributed by atoms with van der Waals surface area (Å²) in [5, 5.41) is 15.3. The SMILES string of the molecule is COc1ccc(Cl)cc1NC(=O)Nc1nnc([C@H](C)c2ccccc2)s1. The van der Waals surface area contributed by atoms with Gasteiger partial charge in [0.25, 0.3) is 0 Å². The number of anilines is 2. The van der Waals surface area contributed by atoms with Crippen LogP contribution in [0.2, 0.25) is 5.02 Å². The Hall–Kier alpha value is -2.64. The van der Waals surface area contributed by atoms with Crippen molar-refractivity contribution in [2.24, 2.45) is 0 Å². The molecule has 0 aliphatic carbocycles. The number of methoxy groups -OCH3 is 1. The lowest BCUT2D eigenvalue weighted by Crippen LogP contribution is -2.19. The van der Waals surface area contributed by atoms with E-state index in [1.54, 1.807) is 18.2 Å². The lowest BCUT2D eigenvalue weighted by atomic mass is 10.0. The highest BCUT2D eigenvalue weighted by atomic mass is 35.5. The number of carbonyl (C=O) groups excluding carboxylic acids is 1. The van der Waals surface area contributed by atoms with Gasteiger partial charge in [0.1, 0.15) is 10.8 Å². The number of nitrogens with one attached hydrogen (secondary N) is 2. The fraction of sp³-hybridized carbons (Fsp3) is 0.167. The highest BCUT2D eigenvalue weighted by molar-refractivity contribution is 7.15. The molecule has 0 bridgehead atoms. The Balaban J connectivity index is 1.68. The van der Waals surface area contributed by atoms with Gasteiger partial charge in [0.05, 0.1) is 12.8 Å². The van der Waals surface area contributed by atoms with Crippen molar-refractivity contribution in [2.75, 3.05) is 17.7 Å². The molecule has 1 aromatic heterocycles. The largest absolute Gasteiger partial charge is 0.495 e. The summed E-state index contributed by atoms with van der Waals surface area (Å²) >= 11 is 7.30. The molecule has 0 saturated carbocycles. The highest BCUT2D eigenvalue weighted by Crippen LogP contribution is 2.30. The Labute approximate surface area is 160 Å². The molecule has 0 fully saturated rings. The molecule has 0 spiro atoms. The molecule has 1 heterocycles. The number of benzene rings is 2. The summed E-state index contributed by atoms with van der Waals surface area (Å²) in [4.78, 5) is 12.2. The van der Waals surface area contributed by atoms with Gasteiger partial charge in [-0.05, 0) is 23.8 Å². The Bertz CT molecular complexity index is 901. The third-order valence-electron chi connectivity index (χ3n) is 3.74. The first-order valence-electron chi connectivity index (χ1n) is 7.86. The minimum Gasteiger partial charge on any atom is -0.495 e. The maximum atomic E-state index is 12.2. The van der Waals surface area contributed by atoms with Crippen LogP contribution in [0.5, 0.6) is 5.75 Å². The van der Waals surface area contributed by atoms with Crippen molar-refractivity contribution in [2.45, 2.75) is 12.8 Å². The fourth-order valence-electron chi connectivity index (χ4n) is 2.37. The maximum absolute atomic E-state index is 12.2. The van der Waals surface area contributed by atoms with Crippen molar-refractivity contribution in [1.29, 1.82) is 0 Å². The molecular formula is C18H17ClN4O2S. The number of halogens is 1. The predicted octanol–water partition coefficient (Wildman–Crippen LogP) is 5.00. The molecule has 0 radical (unpaired) electrons. The van der Waals surface area contributed by atoms with Gasteiger partial charge in [-0.1, -0.05) is 60.2 Å². The lowest BCUT2D eigenvalue weighted by molar-refractivity contribution is 0.262. The predicted molar refractivity (Wildman–Crippen MR) is 105 cm³/mol. The van der Waals surface area contributed by atoms with E-state index in [0.717, 1.165) is 10.6 Å². The second-order valence-electron chi connectivity index (χ2n) is 5.50. The Morgan fingerprint density at radius 3 is 2.65 bits per heavy atom. The fourth-order valence-corrected chi connectivity index (χ4v) is 3.36. The summed E-state index contributed by atoms with van der Waals surface area (Å²) < 4.78 is 5.21. The third-order valence-corrected chi connectivity index (χ3v) is 5.00. The van der Waals surface area contributed by atoms with Crippen LogP contribution in [-0.2, 0) is 0 Å². The van der Waals surface area contributed by atoms with Crippen molar-refractivity contribution in [1.82, 2.24) is 10.2 Å². The van der Waals surface area contributed by atoms with E-state index in [0.29, 0.717) is 21.6 Å². The first-order chi connectivity index (χ1) is 12.6. The van der Waals surface area contributed by atoms with Crippen LogP contribution < -0.4 is 15.4 Å². The molecule has 0 aliphatic rings. The van der Waals surface area contributed by atoms with E-state index in [1.165, 1.54) is 18.4 Å². The number of hydrogen-bond donors (Lipinski definition) is 2. The topological polar surface area (TPSA) is 76.1 Å². The zero-order chi connectivity index (χ0) is 18.5. The summed E-state index contributed by atoms with van der Waals surface area (Å²) in [5.74, 6) is 0.612. The molecule has 1 atom stereocenters. The molecule has 26 heavy (non-hydrogen) atoms. The molecule has 2 amide bonds. The van der Waals surface area contributed by atoms with Gasteiger partial charge in [-0.2, -0.15) is 0 Å². The maximum Gasteiger partial charge on any atom is 0.325 e. The van der Waals surface area contributed by atoms with E-state index < -0.39 is 6.03 Å². The van der Waals surface area contributed by atoms with Crippen molar-refractivity contribution in [3.63, 3.8) is 0 Å². The Morgan fingerprint density at radius 2 is 1.92 bits per heavy atom. The molecule has 3 aromatic rings. The number of ether oxygens (including phenoxy) is 1. The molecule has 134 valence electrons. The average Bonchev–Trinajstić information content (AvgIpc) is 3.10. The number of urea groups is 1.